The maximum Gasteiger partial charge on any atom is 0.282 e. The fraction of sp³-hybridized carbons (Fsp3) is 0.364. The highest BCUT2D eigenvalue weighted by Gasteiger charge is 2.16. The van der Waals surface area contributed by atoms with E-state index in [0.29, 0.717) is 22.6 Å². The quantitative estimate of drug-likeness (QED) is 0.353. The van der Waals surface area contributed by atoms with Crippen LogP contribution in [0.1, 0.15) is 16.8 Å². The lowest BCUT2D eigenvalue weighted by atomic mass is 10.2. The number of hydrogen-bond donors (Lipinski definition) is 2. The fourth-order valence-electron chi connectivity index (χ4n) is 1.31. The first-order valence-electron chi connectivity index (χ1n) is 5.34. The van der Waals surface area contributed by atoms with Gasteiger partial charge in [-0.05, 0) is 18.6 Å². The van der Waals surface area contributed by atoms with Gasteiger partial charge in [0.25, 0.3) is 11.6 Å². The van der Waals surface area contributed by atoms with Crippen LogP contribution in [0.5, 0.6) is 0 Å². The van der Waals surface area contributed by atoms with Crippen molar-refractivity contribution in [2.75, 3.05) is 19.4 Å². The van der Waals surface area contributed by atoms with Gasteiger partial charge in [-0.25, -0.2) is 0 Å². The van der Waals surface area contributed by atoms with Gasteiger partial charge >= 0.3 is 0 Å². The Hall–Kier alpha value is -1.60. The molecule has 0 saturated heterocycles. The molecule has 0 radical (unpaired) electrons. The maximum absolute atomic E-state index is 11.4. The van der Waals surface area contributed by atoms with Gasteiger partial charge in [-0.2, -0.15) is 0 Å². The van der Waals surface area contributed by atoms with Gasteiger partial charge in [0.1, 0.15) is 0 Å². The van der Waals surface area contributed by atoms with Crippen molar-refractivity contribution < 1.29 is 14.8 Å². The molecule has 0 saturated carbocycles. The number of nitrogens with one attached hydrogen (secondary N) is 1. The van der Waals surface area contributed by atoms with E-state index in [2.05, 4.69) is 5.32 Å². The Kier molecular flexibility index (Phi) is 5.60. The number of aliphatic hydroxyl groups is 1. The zero-order valence-corrected chi connectivity index (χ0v) is 10.7. The van der Waals surface area contributed by atoms with Crippen LogP contribution in [0.25, 0.3) is 0 Å². The summed E-state index contributed by atoms with van der Waals surface area (Å²) in [5, 5.41) is 22.0. The smallest absolute Gasteiger partial charge is 0.282 e. The molecule has 1 aromatic rings. The molecule has 1 aromatic carbocycles. The highest BCUT2D eigenvalue weighted by molar-refractivity contribution is 7.99. The first-order valence-corrected chi connectivity index (χ1v) is 6.33. The molecule has 0 fully saturated rings. The van der Waals surface area contributed by atoms with Gasteiger partial charge in [-0.1, -0.05) is 0 Å². The van der Waals surface area contributed by atoms with Gasteiger partial charge in [-0.15, -0.1) is 11.8 Å². The number of thioether (sulfide) groups is 1. The number of nitro groups is 1. The fourth-order valence-corrected chi connectivity index (χ4v) is 2.31. The van der Waals surface area contributed by atoms with E-state index in [-0.39, 0.29) is 18.2 Å². The molecule has 0 aliphatic carbocycles. The van der Waals surface area contributed by atoms with Crippen LogP contribution in [-0.4, -0.2) is 35.3 Å². The van der Waals surface area contributed by atoms with E-state index in [1.807, 2.05) is 0 Å². The number of aliphatic hydroxyl groups excluding tert-OH is 1. The molecule has 2 N–H and O–H groups in total. The third kappa shape index (κ3) is 3.71. The second-order valence-corrected chi connectivity index (χ2v) is 4.58. The van der Waals surface area contributed by atoms with E-state index in [0.717, 1.165) is 0 Å². The number of carbonyl (C=O) groups excluding carboxylic acids is 1. The van der Waals surface area contributed by atoms with Crippen LogP contribution in [-0.2, 0) is 0 Å². The molecule has 0 aliphatic rings. The summed E-state index contributed by atoms with van der Waals surface area (Å²) in [6.07, 6.45) is 0.548. The minimum atomic E-state index is -0.477. The minimum absolute atomic E-state index is 0.0226. The van der Waals surface area contributed by atoms with Crippen LogP contribution < -0.4 is 5.32 Å². The normalized spacial score (nSPS) is 10.1. The van der Waals surface area contributed by atoms with Crippen molar-refractivity contribution >= 4 is 23.4 Å². The van der Waals surface area contributed by atoms with Crippen molar-refractivity contribution in [3.05, 3.63) is 33.9 Å². The van der Waals surface area contributed by atoms with Gasteiger partial charge in [0.05, 0.1) is 9.82 Å². The number of carbonyl (C=O) groups is 1. The number of hydrogen-bond acceptors (Lipinski definition) is 5. The average Bonchev–Trinajstić information content (AvgIpc) is 2.37. The molecule has 6 nitrogen and oxygen atoms in total. The monoisotopic (exact) mass is 270 g/mol. The van der Waals surface area contributed by atoms with Crippen LogP contribution >= 0.6 is 11.8 Å². The molecule has 7 heteroatoms. The lowest BCUT2D eigenvalue weighted by Gasteiger charge is -2.05. The zero-order chi connectivity index (χ0) is 13.5. The maximum atomic E-state index is 11.4. The molecule has 98 valence electrons. The second kappa shape index (κ2) is 6.97. The summed E-state index contributed by atoms with van der Waals surface area (Å²) in [6.45, 7) is 0.0376. The summed E-state index contributed by atoms with van der Waals surface area (Å²) in [7, 11) is 1.50. The second-order valence-electron chi connectivity index (χ2n) is 3.44. The molecule has 0 atom stereocenters. The SMILES string of the molecule is CNC(=O)c1ccc([N+](=O)[O-])c(SCCCO)c1. The highest BCUT2D eigenvalue weighted by Crippen LogP contribution is 2.30. The number of nitro benzene ring substituents is 1. The van der Waals surface area contributed by atoms with Crippen molar-refractivity contribution in [1.82, 2.24) is 5.32 Å². The van der Waals surface area contributed by atoms with E-state index >= 15 is 0 Å². The van der Waals surface area contributed by atoms with Gasteiger partial charge in [0.15, 0.2) is 0 Å². The van der Waals surface area contributed by atoms with Gasteiger partial charge < -0.3 is 10.4 Å². The van der Waals surface area contributed by atoms with Crippen LogP contribution in [0, 0.1) is 10.1 Å². The van der Waals surface area contributed by atoms with Crippen molar-refractivity contribution in [1.29, 1.82) is 0 Å². The first kappa shape index (κ1) is 14.5. The number of amides is 1. The molecule has 18 heavy (non-hydrogen) atoms. The molecule has 0 aromatic heterocycles. The Morgan fingerprint density at radius 2 is 2.28 bits per heavy atom. The van der Waals surface area contributed by atoms with E-state index in [9.17, 15) is 14.9 Å². The Labute approximate surface area is 109 Å². The summed E-state index contributed by atoms with van der Waals surface area (Å²) in [6, 6.07) is 4.25. The van der Waals surface area contributed by atoms with E-state index in [1.54, 1.807) is 0 Å². The molecule has 0 aliphatic heterocycles. The van der Waals surface area contributed by atoms with Crippen LogP contribution in [0.4, 0.5) is 5.69 Å². The number of rotatable bonds is 6. The van der Waals surface area contributed by atoms with Gasteiger partial charge in [0.2, 0.25) is 0 Å². The van der Waals surface area contributed by atoms with Crippen molar-refractivity contribution in [2.45, 2.75) is 11.3 Å². The van der Waals surface area contributed by atoms with E-state index in [1.165, 1.54) is 37.0 Å². The summed E-state index contributed by atoms with van der Waals surface area (Å²) in [4.78, 5) is 22.3. The van der Waals surface area contributed by atoms with Crippen LogP contribution in [0.2, 0.25) is 0 Å². The minimum Gasteiger partial charge on any atom is -0.396 e. The first-order chi connectivity index (χ1) is 8.60. The average molecular weight is 270 g/mol. The Morgan fingerprint density at radius 1 is 1.56 bits per heavy atom. The van der Waals surface area contributed by atoms with E-state index < -0.39 is 4.92 Å². The van der Waals surface area contributed by atoms with Crippen molar-refractivity contribution in [3.8, 4) is 0 Å². The van der Waals surface area contributed by atoms with Crippen molar-refractivity contribution in [3.63, 3.8) is 0 Å². The lowest BCUT2D eigenvalue weighted by Crippen LogP contribution is -2.17. The summed E-state index contributed by atoms with van der Waals surface area (Å²) in [5.74, 6) is 0.281. The summed E-state index contributed by atoms with van der Waals surface area (Å²) < 4.78 is 0. The summed E-state index contributed by atoms with van der Waals surface area (Å²) in [5.41, 5.74) is 0.361. The lowest BCUT2D eigenvalue weighted by molar-refractivity contribution is -0.387. The van der Waals surface area contributed by atoms with Crippen LogP contribution in [0.15, 0.2) is 23.1 Å². The Morgan fingerprint density at radius 3 is 2.83 bits per heavy atom. The molecule has 1 amide bonds. The third-order valence-corrected chi connectivity index (χ3v) is 3.34. The van der Waals surface area contributed by atoms with E-state index in [4.69, 9.17) is 5.11 Å². The Balaban J connectivity index is 2.99. The predicted molar refractivity (Wildman–Crippen MR) is 68.9 cm³/mol. The molecule has 0 bridgehead atoms. The summed E-state index contributed by atoms with van der Waals surface area (Å²) >= 11 is 1.26. The number of benzene rings is 1. The molecule has 0 spiro atoms. The Bertz CT molecular complexity index is 451. The van der Waals surface area contributed by atoms with Crippen LogP contribution in [0.3, 0.4) is 0 Å². The molecular weight excluding hydrogens is 256 g/mol. The number of nitrogens with zero attached hydrogens (tertiary/aromatic N) is 1. The van der Waals surface area contributed by atoms with Gasteiger partial charge in [-0.3, -0.25) is 14.9 Å². The van der Waals surface area contributed by atoms with Gasteiger partial charge in [0, 0.05) is 31.0 Å². The standard InChI is InChI=1S/C11H14N2O4S/c1-12-11(15)8-3-4-9(13(16)17)10(7-8)18-6-2-5-14/h3-4,7,14H,2,5-6H2,1H3,(H,12,15). The predicted octanol–water partition coefficient (Wildman–Crippen LogP) is 1.43. The highest BCUT2D eigenvalue weighted by atomic mass is 32.2. The largest absolute Gasteiger partial charge is 0.396 e. The van der Waals surface area contributed by atoms with Crippen molar-refractivity contribution in [2.24, 2.45) is 0 Å². The molecule has 0 unspecified atom stereocenters. The molecular formula is C11H14N2O4S. The molecule has 0 heterocycles. The third-order valence-electron chi connectivity index (χ3n) is 2.21. The topological polar surface area (TPSA) is 92.5 Å². The zero-order valence-electron chi connectivity index (χ0n) is 9.88. The molecule has 1 rings (SSSR count).